The van der Waals surface area contributed by atoms with Crippen molar-refractivity contribution < 1.29 is 19.1 Å². The van der Waals surface area contributed by atoms with Gasteiger partial charge < -0.3 is 14.4 Å². The molecule has 2 aromatic rings. The summed E-state index contributed by atoms with van der Waals surface area (Å²) in [7, 11) is 0. The van der Waals surface area contributed by atoms with Crippen LogP contribution >= 0.6 is 0 Å². The van der Waals surface area contributed by atoms with Crippen LogP contribution in [0, 0.1) is 5.92 Å². The number of rotatable bonds is 8. The van der Waals surface area contributed by atoms with Crippen molar-refractivity contribution >= 4 is 17.4 Å². The summed E-state index contributed by atoms with van der Waals surface area (Å²) in [5.74, 6) is 0.734. The molecule has 32 heavy (non-hydrogen) atoms. The standard InChI is InChI=1S/C26H30N2O4/c1-19(2)18-32-22-10-8-21(9-11-22)23-24(27-14-16-31-17-15-27)26(30)28(25(23)29)13-12-20-6-4-3-5-7-20/h3-11,19H,12-18H2,1-2H3. The molecule has 2 aromatic carbocycles. The topological polar surface area (TPSA) is 59.1 Å². The zero-order valence-corrected chi connectivity index (χ0v) is 18.8. The van der Waals surface area contributed by atoms with Gasteiger partial charge in [0.15, 0.2) is 0 Å². The van der Waals surface area contributed by atoms with Gasteiger partial charge in [-0.2, -0.15) is 0 Å². The molecule has 2 heterocycles. The van der Waals surface area contributed by atoms with Crippen molar-refractivity contribution in [2.75, 3.05) is 39.5 Å². The molecule has 2 amide bonds. The third-order valence-corrected chi connectivity index (χ3v) is 5.66. The van der Waals surface area contributed by atoms with Crippen LogP contribution in [0.2, 0.25) is 0 Å². The Morgan fingerprint density at radius 2 is 1.62 bits per heavy atom. The molecule has 1 saturated heterocycles. The maximum Gasteiger partial charge on any atom is 0.277 e. The van der Waals surface area contributed by atoms with E-state index in [0.29, 0.717) is 63.1 Å². The Kier molecular flexibility index (Phi) is 6.90. The summed E-state index contributed by atoms with van der Waals surface area (Å²) in [5, 5.41) is 0. The Morgan fingerprint density at radius 3 is 2.28 bits per heavy atom. The fourth-order valence-corrected chi connectivity index (χ4v) is 3.97. The highest BCUT2D eigenvalue weighted by Gasteiger charge is 2.41. The van der Waals surface area contributed by atoms with E-state index in [4.69, 9.17) is 9.47 Å². The predicted molar refractivity (Wildman–Crippen MR) is 123 cm³/mol. The summed E-state index contributed by atoms with van der Waals surface area (Å²) in [5.41, 5.74) is 2.80. The smallest absolute Gasteiger partial charge is 0.277 e. The molecule has 4 rings (SSSR count). The van der Waals surface area contributed by atoms with Gasteiger partial charge in [0.05, 0.1) is 25.4 Å². The maximum absolute atomic E-state index is 13.4. The van der Waals surface area contributed by atoms with Crippen LogP contribution in [-0.2, 0) is 20.7 Å². The van der Waals surface area contributed by atoms with Crippen LogP contribution in [0.3, 0.4) is 0 Å². The van der Waals surface area contributed by atoms with Gasteiger partial charge >= 0.3 is 0 Å². The number of carbonyl (C=O) groups is 2. The summed E-state index contributed by atoms with van der Waals surface area (Å²) in [4.78, 5) is 30.2. The number of ether oxygens (including phenoxy) is 2. The first-order valence-corrected chi connectivity index (χ1v) is 11.2. The highest BCUT2D eigenvalue weighted by molar-refractivity contribution is 6.35. The van der Waals surface area contributed by atoms with Crippen molar-refractivity contribution in [3.63, 3.8) is 0 Å². The van der Waals surface area contributed by atoms with Crippen LogP contribution in [-0.4, -0.2) is 61.1 Å². The lowest BCUT2D eigenvalue weighted by Gasteiger charge is -2.29. The number of amides is 2. The second-order valence-electron chi connectivity index (χ2n) is 8.55. The Hall–Kier alpha value is -3.12. The van der Waals surface area contributed by atoms with Crippen LogP contribution in [0.15, 0.2) is 60.3 Å². The zero-order valence-electron chi connectivity index (χ0n) is 18.8. The third-order valence-electron chi connectivity index (χ3n) is 5.66. The number of morpholine rings is 1. The lowest BCUT2D eigenvalue weighted by molar-refractivity contribution is -0.137. The van der Waals surface area contributed by atoms with Gasteiger partial charge in [0, 0.05) is 19.6 Å². The van der Waals surface area contributed by atoms with E-state index in [1.54, 1.807) is 0 Å². The predicted octanol–water partition coefficient (Wildman–Crippen LogP) is 3.38. The number of imide groups is 1. The number of hydrogen-bond acceptors (Lipinski definition) is 5. The lowest BCUT2D eigenvalue weighted by atomic mass is 10.0. The minimum atomic E-state index is -0.233. The quantitative estimate of drug-likeness (QED) is 0.596. The van der Waals surface area contributed by atoms with E-state index < -0.39 is 0 Å². The molecule has 0 aliphatic carbocycles. The minimum absolute atomic E-state index is 0.219. The first-order valence-electron chi connectivity index (χ1n) is 11.2. The minimum Gasteiger partial charge on any atom is -0.493 e. The number of nitrogens with zero attached hydrogens (tertiary/aromatic N) is 2. The third kappa shape index (κ3) is 4.86. The summed E-state index contributed by atoms with van der Waals surface area (Å²) >= 11 is 0. The van der Waals surface area contributed by atoms with Crippen molar-refractivity contribution in [2.45, 2.75) is 20.3 Å². The molecular formula is C26H30N2O4. The molecule has 0 spiro atoms. The average Bonchev–Trinajstić information content (AvgIpc) is 3.07. The average molecular weight is 435 g/mol. The highest BCUT2D eigenvalue weighted by Crippen LogP contribution is 2.33. The Balaban J connectivity index is 1.60. The van der Waals surface area contributed by atoms with E-state index in [2.05, 4.69) is 13.8 Å². The molecule has 6 nitrogen and oxygen atoms in total. The van der Waals surface area contributed by atoms with Crippen molar-refractivity contribution in [1.29, 1.82) is 0 Å². The van der Waals surface area contributed by atoms with Crippen LogP contribution in [0.25, 0.3) is 5.57 Å². The molecule has 0 bridgehead atoms. The normalized spacial score (nSPS) is 17.0. The van der Waals surface area contributed by atoms with Crippen LogP contribution in [0.5, 0.6) is 5.75 Å². The van der Waals surface area contributed by atoms with Crippen molar-refractivity contribution in [3.05, 3.63) is 71.4 Å². The van der Waals surface area contributed by atoms with E-state index in [1.807, 2.05) is 59.5 Å². The first-order chi connectivity index (χ1) is 15.5. The molecule has 0 atom stereocenters. The lowest BCUT2D eigenvalue weighted by Crippen LogP contribution is -2.40. The van der Waals surface area contributed by atoms with Crippen LogP contribution in [0.4, 0.5) is 0 Å². The fraction of sp³-hybridized carbons (Fsp3) is 0.385. The Labute approximate surface area is 189 Å². The molecule has 168 valence electrons. The SMILES string of the molecule is CC(C)COc1ccc(C2=C(N3CCOCC3)C(=O)N(CCc3ccccc3)C2=O)cc1. The molecule has 1 fully saturated rings. The maximum atomic E-state index is 13.4. The molecule has 2 aliphatic rings. The van der Waals surface area contributed by atoms with E-state index in [-0.39, 0.29) is 11.8 Å². The number of carbonyl (C=O) groups excluding carboxylic acids is 2. The number of hydrogen-bond donors (Lipinski definition) is 0. The Bertz CT molecular complexity index is 977. The van der Waals surface area contributed by atoms with Gasteiger partial charge in [-0.05, 0) is 35.6 Å². The van der Waals surface area contributed by atoms with Gasteiger partial charge in [-0.15, -0.1) is 0 Å². The van der Waals surface area contributed by atoms with E-state index in [0.717, 1.165) is 16.9 Å². The van der Waals surface area contributed by atoms with E-state index >= 15 is 0 Å². The van der Waals surface area contributed by atoms with Crippen LogP contribution in [0.1, 0.15) is 25.0 Å². The highest BCUT2D eigenvalue weighted by atomic mass is 16.5. The zero-order chi connectivity index (χ0) is 22.5. The molecule has 0 aromatic heterocycles. The largest absolute Gasteiger partial charge is 0.493 e. The first kappa shape index (κ1) is 22.1. The van der Waals surface area contributed by atoms with Gasteiger partial charge in [-0.1, -0.05) is 56.3 Å². The second-order valence-corrected chi connectivity index (χ2v) is 8.55. The van der Waals surface area contributed by atoms with E-state index in [1.165, 1.54) is 4.90 Å². The molecule has 2 aliphatic heterocycles. The van der Waals surface area contributed by atoms with Gasteiger partial charge in [0.2, 0.25) is 0 Å². The fourth-order valence-electron chi connectivity index (χ4n) is 3.97. The summed E-state index contributed by atoms with van der Waals surface area (Å²) in [6.07, 6.45) is 0.629. The van der Waals surface area contributed by atoms with Gasteiger partial charge in [-0.25, -0.2) is 0 Å². The summed E-state index contributed by atoms with van der Waals surface area (Å²) in [6, 6.07) is 17.4. The van der Waals surface area contributed by atoms with Crippen LogP contribution < -0.4 is 4.74 Å². The van der Waals surface area contributed by atoms with Gasteiger partial charge in [0.25, 0.3) is 11.8 Å². The molecular weight excluding hydrogens is 404 g/mol. The monoisotopic (exact) mass is 434 g/mol. The van der Waals surface area contributed by atoms with Gasteiger partial charge in [-0.3, -0.25) is 14.5 Å². The second kappa shape index (κ2) is 10.0. The van der Waals surface area contributed by atoms with Crippen molar-refractivity contribution in [2.24, 2.45) is 5.92 Å². The van der Waals surface area contributed by atoms with E-state index in [9.17, 15) is 9.59 Å². The molecule has 0 saturated carbocycles. The number of benzene rings is 2. The molecule has 0 radical (unpaired) electrons. The molecule has 0 unspecified atom stereocenters. The molecule has 0 N–H and O–H groups in total. The van der Waals surface area contributed by atoms with Gasteiger partial charge in [0.1, 0.15) is 11.4 Å². The Morgan fingerprint density at radius 1 is 0.938 bits per heavy atom. The summed E-state index contributed by atoms with van der Waals surface area (Å²) in [6.45, 7) is 7.47. The van der Waals surface area contributed by atoms with Crippen molar-refractivity contribution in [3.8, 4) is 5.75 Å². The van der Waals surface area contributed by atoms with Crippen molar-refractivity contribution in [1.82, 2.24) is 9.80 Å². The summed E-state index contributed by atoms with van der Waals surface area (Å²) < 4.78 is 11.2. The molecule has 6 heteroatoms.